The SMILES string of the molecule is CC(C)(C)C=CC(=O)N(Cc1ccccc1)CC(O)c1ccco1. The molecule has 1 unspecified atom stereocenters. The lowest BCUT2D eigenvalue weighted by Crippen LogP contribution is -2.33. The second kappa shape index (κ2) is 7.97. The summed E-state index contributed by atoms with van der Waals surface area (Å²) in [5.41, 5.74) is 0.940. The fourth-order valence-electron chi connectivity index (χ4n) is 2.24. The third kappa shape index (κ3) is 5.70. The van der Waals surface area contributed by atoms with E-state index in [0.717, 1.165) is 5.56 Å². The Kier molecular flexibility index (Phi) is 5.99. The van der Waals surface area contributed by atoms with Crippen LogP contribution in [-0.2, 0) is 11.3 Å². The molecule has 0 aliphatic heterocycles. The molecule has 0 saturated carbocycles. The second-order valence-corrected chi connectivity index (χ2v) is 6.93. The topological polar surface area (TPSA) is 53.7 Å². The average molecular weight is 327 g/mol. The van der Waals surface area contributed by atoms with Crippen LogP contribution in [-0.4, -0.2) is 22.5 Å². The number of furan rings is 1. The van der Waals surface area contributed by atoms with Crippen molar-refractivity contribution in [2.45, 2.75) is 33.4 Å². The first-order valence-electron chi connectivity index (χ1n) is 8.09. The van der Waals surface area contributed by atoms with Crippen molar-refractivity contribution in [3.8, 4) is 0 Å². The maximum Gasteiger partial charge on any atom is 0.246 e. The molecule has 4 heteroatoms. The molecule has 1 aromatic heterocycles. The Balaban J connectivity index is 2.14. The molecule has 0 radical (unpaired) electrons. The fraction of sp³-hybridized carbons (Fsp3) is 0.350. The number of hydrogen-bond acceptors (Lipinski definition) is 3. The zero-order valence-corrected chi connectivity index (χ0v) is 14.5. The molecular weight excluding hydrogens is 302 g/mol. The summed E-state index contributed by atoms with van der Waals surface area (Å²) >= 11 is 0. The molecule has 2 aromatic rings. The summed E-state index contributed by atoms with van der Waals surface area (Å²) in [6, 6.07) is 13.2. The molecule has 1 aromatic carbocycles. The summed E-state index contributed by atoms with van der Waals surface area (Å²) in [7, 11) is 0. The van der Waals surface area contributed by atoms with Gasteiger partial charge in [-0.1, -0.05) is 57.2 Å². The van der Waals surface area contributed by atoms with Crippen LogP contribution in [0.15, 0.2) is 65.3 Å². The highest BCUT2D eigenvalue weighted by molar-refractivity contribution is 5.87. The van der Waals surface area contributed by atoms with E-state index < -0.39 is 6.10 Å². The van der Waals surface area contributed by atoms with Gasteiger partial charge < -0.3 is 14.4 Å². The normalized spacial score (nSPS) is 13.2. The number of carbonyl (C=O) groups is 1. The molecule has 2 rings (SSSR count). The number of carbonyl (C=O) groups excluding carboxylic acids is 1. The standard InChI is InChI=1S/C20H25NO3/c1-20(2,3)12-11-19(23)21(14-16-8-5-4-6-9-16)15-17(22)18-10-7-13-24-18/h4-13,17,22H,14-15H2,1-3H3. The highest BCUT2D eigenvalue weighted by Gasteiger charge is 2.19. The maximum atomic E-state index is 12.6. The molecule has 0 bridgehead atoms. The average Bonchev–Trinajstić information content (AvgIpc) is 3.07. The van der Waals surface area contributed by atoms with Gasteiger partial charge in [-0.3, -0.25) is 4.79 Å². The van der Waals surface area contributed by atoms with Crippen LogP contribution in [0.4, 0.5) is 0 Å². The van der Waals surface area contributed by atoms with Gasteiger partial charge in [-0.25, -0.2) is 0 Å². The van der Waals surface area contributed by atoms with Crippen molar-refractivity contribution in [3.63, 3.8) is 0 Å². The van der Waals surface area contributed by atoms with Crippen LogP contribution in [0.2, 0.25) is 0 Å². The van der Waals surface area contributed by atoms with Crippen molar-refractivity contribution >= 4 is 5.91 Å². The summed E-state index contributed by atoms with van der Waals surface area (Å²) < 4.78 is 5.23. The monoisotopic (exact) mass is 327 g/mol. The Hall–Kier alpha value is -2.33. The molecule has 1 atom stereocenters. The van der Waals surface area contributed by atoms with Crippen molar-refractivity contribution < 1.29 is 14.3 Å². The van der Waals surface area contributed by atoms with Gasteiger partial charge in [0.25, 0.3) is 0 Å². The molecule has 0 saturated heterocycles. The van der Waals surface area contributed by atoms with Crippen molar-refractivity contribution in [2.24, 2.45) is 5.41 Å². The predicted octanol–water partition coefficient (Wildman–Crippen LogP) is 3.94. The van der Waals surface area contributed by atoms with Crippen LogP contribution >= 0.6 is 0 Å². The van der Waals surface area contributed by atoms with Crippen molar-refractivity contribution in [3.05, 3.63) is 72.2 Å². The van der Waals surface area contributed by atoms with Gasteiger partial charge in [0, 0.05) is 6.54 Å². The highest BCUT2D eigenvalue weighted by Crippen LogP contribution is 2.18. The second-order valence-electron chi connectivity index (χ2n) is 6.93. The third-order valence-corrected chi connectivity index (χ3v) is 3.52. The smallest absolute Gasteiger partial charge is 0.246 e. The molecule has 4 nitrogen and oxygen atoms in total. The zero-order valence-electron chi connectivity index (χ0n) is 14.5. The van der Waals surface area contributed by atoms with Crippen LogP contribution in [0.1, 0.15) is 38.2 Å². The lowest BCUT2D eigenvalue weighted by molar-refractivity contribution is -0.128. The summed E-state index contributed by atoms with van der Waals surface area (Å²) in [5, 5.41) is 10.3. The number of aliphatic hydroxyl groups is 1. The van der Waals surface area contributed by atoms with Gasteiger partial charge in [-0.05, 0) is 29.2 Å². The van der Waals surface area contributed by atoms with E-state index in [9.17, 15) is 9.90 Å². The van der Waals surface area contributed by atoms with E-state index in [1.807, 2.05) is 57.2 Å². The maximum absolute atomic E-state index is 12.6. The molecule has 0 aliphatic rings. The first-order valence-corrected chi connectivity index (χ1v) is 8.09. The Morgan fingerprint density at radius 2 is 1.92 bits per heavy atom. The number of hydrogen-bond donors (Lipinski definition) is 1. The molecule has 1 heterocycles. The minimum absolute atomic E-state index is 0.0757. The first-order chi connectivity index (χ1) is 11.3. The summed E-state index contributed by atoms with van der Waals surface area (Å²) in [6.45, 7) is 6.73. The van der Waals surface area contributed by atoms with Gasteiger partial charge >= 0.3 is 0 Å². The molecule has 128 valence electrons. The van der Waals surface area contributed by atoms with Crippen LogP contribution in [0.5, 0.6) is 0 Å². The third-order valence-electron chi connectivity index (χ3n) is 3.52. The first kappa shape index (κ1) is 18.0. The predicted molar refractivity (Wildman–Crippen MR) is 94.1 cm³/mol. The van der Waals surface area contributed by atoms with E-state index in [-0.39, 0.29) is 17.9 Å². The molecule has 1 amide bonds. The minimum atomic E-state index is -0.851. The molecular formula is C20H25NO3. The van der Waals surface area contributed by atoms with Gasteiger partial charge in [-0.2, -0.15) is 0 Å². The quantitative estimate of drug-likeness (QED) is 0.818. The number of amides is 1. The van der Waals surface area contributed by atoms with Crippen molar-refractivity contribution in [1.29, 1.82) is 0 Å². The van der Waals surface area contributed by atoms with Gasteiger partial charge in [0.05, 0.1) is 12.8 Å². The van der Waals surface area contributed by atoms with E-state index in [0.29, 0.717) is 12.3 Å². The zero-order chi connectivity index (χ0) is 17.6. The fourth-order valence-corrected chi connectivity index (χ4v) is 2.24. The number of allylic oxidation sites excluding steroid dienone is 1. The van der Waals surface area contributed by atoms with Gasteiger partial charge in [0.1, 0.15) is 11.9 Å². The molecule has 0 fully saturated rings. The van der Waals surface area contributed by atoms with Crippen molar-refractivity contribution in [1.82, 2.24) is 4.90 Å². The van der Waals surface area contributed by atoms with E-state index in [2.05, 4.69) is 0 Å². The van der Waals surface area contributed by atoms with Crippen LogP contribution in [0, 0.1) is 5.41 Å². The van der Waals surface area contributed by atoms with Crippen LogP contribution < -0.4 is 0 Å². The van der Waals surface area contributed by atoms with Gasteiger partial charge in [-0.15, -0.1) is 0 Å². The lowest BCUT2D eigenvalue weighted by Gasteiger charge is -2.24. The Morgan fingerprint density at radius 3 is 2.50 bits per heavy atom. The number of aliphatic hydroxyl groups excluding tert-OH is 1. The van der Waals surface area contributed by atoms with Crippen LogP contribution in [0.3, 0.4) is 0 Å². The Bertz CT molecular complexity index is 654. The Labute approximate surface area is 143 Å². The van der Waals surface area contributed by atoms with Crippen LogP contribution in [0.25, 0.3) is 0 Å². The molecule has 0 spiro atoms. The van der Waals surface area contributed by atoms with E-state index in [1.54, 1.807) is 23.1 Å². The largest absolute Gasteiger partial charge is 0.467 e. The highest BCUT2D eigenvalue weighted by atomic mass is 16.4. The Morgan fingerprint density at radius 1 is 1.21 bits per heavy atom. The molecule has 1 N–H and O–H groups in total. The van der Waals surface area contributed by atoms with Gasteiger partial charge in [0.2, 0.25) is 5.91 Å². The summed E-state index contributed by atoms with van der Waals surface area (Å²) in [5.74, 6) is 0.333. The number of benzene rings is 1. The lowest BCUT2D eigenvalue weighted by atomic mass is 9.96. The number of nitrogens with zero attached hydrogens (tertiary/aromatic N) is 1. The molecule has 0 aliphatic carbocycles. The van der Waals surface area contributed by atoms with E-state index in [4.69, 9.17) is 4.42 Å². The summed E-state index contributed by atoms with van der Waals surface area (Å²) in [6.07, 6.45) is 4.13. The van der Waals surface area contributed by atoms with E-state index in [1.165, 1.54) is 6.26 Å². The minimum Gasteiger partial charge on any atom is -0.467 e. The summed E-state index contributed by atoms with van der Waals surface area (Å²) in [4.78, 5) is 14.2. The van der Waals surface area contributed by atoms with Crippen molar-refractivity contribution in [2.75, 3.05) is 6.54 Å². The van der Waals surface area contributed by atoms with Gasteiger partial charge in [0.15, 0.2) is 0 Å². The number of rotatable bonds is 6. The molecule has 24 heavy (non-hydrogen) atoms. The van der Waals surface area contributed by atoms with E-state index >= 15 is 0 Å².